The van der Waals surface area contributed by atoms with E-state index in [2.05, 4.69) is 23.5 Å². The molecule has 3 rings (SSSR count). The van der Waals surface area contributed by atoms with Crippen molar-refractivity contribution >= 4 is 11.9 Å². The number of esters is 1. The summed E-state index contributed by atoms with van der Waals surface area (Å²) in [7, 11) is 0. The maximum absolute atomic E-state index is 12.8. The highest BCUT2D eigenvalue weighted by Crippen LogP contribution is 2.35. The molecule has 0 saturated heterocycles. The lowest BCUT2D eigenvalue weighted by Gasteiger charge is -2.23. The lowest BCUT2D eigenvalue weighted by atomic mass is 9.84. The van der Waals surface area contributed by atoms with Gasteiger partial charge in [-0.1, -0.05) is 59.2 Å². The van der Waals surface area contributed by atoms with Crippen molar-refractivity contribution in [3.05, 3.63) is 82.4 Å². The number of carbonyl (C=O) groups excluding carboxylic acids is 2. The van der Waals surface area contributed by atoms with Gasteiger partial charge in [0.15, 0.2) is 0 Å². The van der Waals surface area contributed by atoms with Gasteiger partial charge in [0.25, 0.3) is 5.91 Å². The molecule has 0 spiro atoms. The van der Waals surface area contributed by atoms with Crippen molar-refractivity contribution in [2.45, 2.75) is 46.1 Å². The predicted octanol–water partition coefficient (Wildman–Crippen LogP) is 4.63. The van der Waals surface area contributed by atoms with Crippen molar-refractivity contribution in [1.29, 1.82) is 0 Å². The number of amides is 1. The zero-order valence-electron chi connectivity index (χ0n) is 17.6. The van der Waals surface area contributed by atoms with Crippen molar-refractivity contribution < 1.29 is 14.3 Å². The van der Waals surface area contributed by atoms with Gasteiger partial charge in [0.1, 0.15) is 0 Å². The van der Waals surface area contributed by atoms with E-state index >= 15 is 0 Å². The molecule has 0 fully saturated rings. The van der Waals surface area contributed by atoms with Crippen LogP contribution in [-0.4, -0.2) is 24.5 Å². The highest BCUT2D eigenvalue weighted by molar-refractivity contribution is 5.94. The second-order valence-corrected chi connectivity index (χ2v) is 7.88. The van der Waals surface area contributed by atoms with Gasteiger partial charge in [0, 0.05) is 11.6 Å². The van der Waals surface area contributed by atoms with Crippen molar-refractivity contribution in [2.75, 3.05) is 6.61 Å². The molecule has 2 aromatic carbocycles. The normalized spacial score (nSPS) is 19.0. The number of aryl methyl sites for hydroxylation is 3. The Labute approximate surface area is 173 Å². The molecule has 152 valence electrons. The standard InChI is InChI=1S/C25H29NO3/c1-5-29-25(28)23(21-13-17(3)11-18(4)14-21)19-9-10-22(15-19)26-24(27)20-8-6-7-16(2)12-20/h6-14,19,22-23H,5,15H2,1-4H3,(H,26,27)/t19-,22-,23-/m0/s1. The maximum atomic E-state index is 12.8. The van der Waals surface area contributed by atoms with Crippen LogP contribution in [0.25, 0.3) is 0 Å². The van der Waals surface area contributed by atoms with Crippen molar-refractivity contribution in [3.8, 4) is 0 Å². The Hall–Kier alpha value is -2.88. The first-order valence-electron chi connectivity index (χ1n) is 10.2. The molecule has 0 heterocycles. The molecular formula is C25H29NO3. The Balaban J connectivity index is 1.76. The zero-order valence-corrected chi connectivity index (χ0v) is 17.6. The van der Waals surface area contributed by atoms with Gasteiger partial charge in [0.05, 0.1) is 12.5 Å². The summed E-state index contributed by atoms with van der Waals surface area (Å²) >= 11 is 0. The topological polar surface area (TPSA) is 55.4 Å². The molecule has 3 atom stereocenters. The van der Waals surface area contributed by atoms with Gasteiger partial charge in [-0.2, -0.15) is 0 Å². The minimum Gasteiger partial charge on any atom is -0.466 e. The van der Waals surface area contributed by atoms with Crippen LogP contribution in [0.5, 0.6) is 0 Å². The Kier molecular flexibility index (Phi) is 6.53. The Bertz CT molecular complexity index is 911. The van der Waals surface area contributed by atoms with E-state index in [1.54, 1.807) is 0 Å². The summed E-state index contributed by atoms with van der Waals surface area (Å²) in [6.45, 7) is 8.22. The van der Waals surface area contributed by atoms with Crippen LogP contribution in [0, 0.1) is 26.7 Å². The summed E-state index contributed by atoms with van der Waals surface area (Å²) < 4.78 is 5.39. The fourth-order valence-corrected chi connectivity index (χ4v) is 4.10. The van der Waals surface area contributed by atoms with Gasteiger partial charge in [-0.3, -0.25) is 9.59 Å². The van der Waals surface area contributed by atoms with Gasteiger partial charge in [-0.15, -0.1) is 0 Å². The minimum atomic E-state index is -0.370. The molecule has 1 amide bonds. The van der Waals surface area contributed by atoms with Gasteiger partial charge < -0.3 is 10.1 Å². The predicted molar refractivity (Wildman–Crippen MR) is 115 cm³/mol. The number of allylic oxidation sites excluding steroid dienone is 1. The summed E-state index contributed by atoms with van der Waals surface area (Å²) in [6.07, 6.45) is 4.71. The lowest BCUT2D eigenvalue weighted by molar-refractivity contribution is -0.146. The second-order valence-electron chi connectivity index (χ2n) is 7.88. The molecule has 29 heavy (non-hydrogen) atoms. The third-order valence-electron chi connectivity index (χ3n) is 5.29. The molecule has 0 aromatic heterocycles. The molecule has 0 unspecified atom stereocenters. The van der Waals surface area contributed by atoms with Gasteiger partial charge in [-0.05, 0) is 57.7 Å². The zero-order chi connectivity index (χ0) is 21.0. The number of nitrogens with one attached hydrogen (secondary N) is 1. The Morgan fingerprint density at radius 3 is 2.41 bits per heavy atom. The average molecular weight is 392 g/mol. The van der Waals surface area contributed by atoms with E-state index in [9.17, 15) is 9.59 Å². The third kappa shape index (κ3) is 5.14. The second kappa shape index (κ2) is 9.08. The molecule has 1 aliphatic rings. The number of carbonyl (C=O) groups is 2. The maximum Gasteiger partial charge on any atom is 0.314 e. The van der Waals surface area contributed by atoms with Crippen LogP contribution in [0.4, 0.5) is 0 Å². The van der Waals surface area contributed by atoms with Crippen LogP contribution in [0.2, 0.25) is 0 Å². The van der Waals surface area contributed by atoms with Crippen LogP contribution in [0.3, 0.4) is 0 Å². The van der Waals surface area contributed by atoms with E-state index in [-0.39, 0.29) is 29.8 Å². The number of benzene rings is 2. The minimum absolute atomic E-state index is 0.0157. The van der Waals surface area contributed by atoms with Crippen LogP contribution < -0.4 is 5.32 Å². The molecule has 1 aliphatic carbocycles. The summed E-state index contributed by atoms with van der Waals surface area (Å²) in [4.78, 5) is 25.4. The molecular weight excluding hydrogens is 362 g/mol. The van der Waals surface area contributed by atoms with E-state index in [4.69, 9.17) is 4.74 Å². The first-order valence-corrected chi connectivity index (χ1v) is 10.2. The van der Waals surface area contributed by atoms with Crippen molar-refractivity contribution in [1.82, 2.24) is 5.32 Å². The summed E-state index contributed by atoms with van der Waals surface area (Å²) in [5, 5.41) is 3.07. The van der Waals surface area contributed by atoms with E-state index in [1.165, 1.54) is 0 Å². The molecule has 4 heteroatoms. The average Bonchev–Trinajstić information content (AvgIpc) is 3.09. The Morgan fingerprint density at radius 2 is 1.76 bits per heavy atom. The summed E-state index contributed by atoms with van der Waals surface area (Å²) in [5.41, 5.74) is 4.93. The van der Waals surface area contributed by atoms with Gasteiger partial charge in [0.2, 0.25) is 0 Å². The first kappa shape index (κ1) is 20.8. The monoisotopic (exact) mass is 391 g/mol. The SMILES string of the molecule is CCOC(=O)[C@H](c1cc(C)cc(C)c1)[C@H]1C=C[C@H](NC(=O)c2cccc(C)c2)C1. The summed E-state index contributed by atoms with van der Waals surface area (Å²) in [5.74, 6) is -0.690. The number of rotatable bonds is 6. The molecule has 2 aromatic rings. The molecule has 0 radical (unpaired) electrons. The van der Waals surface area contributed by atoms with Crippen LogP contribution >= 0.6 is 0 Å². The number of hydrogen-bond donors (Lipinski definition) is 1. The fourth-order valence-electron chi connectivity index (χ4n) is 4.10. The van der Waals surface area contributed by atoms with Crippen molar-refractivity contribution in [2.24, 2.45) is 5.92 Å². The van der Waals surface area contributed by atoms with Crippen LogP contribution in [-0.2, 0) is 9.53 Å². The van der Waals surface area contributed by atoms with E-state index in [0.717, 1.165) is 22.3 Å². The molecule has 0 aliphatic heterocycles. The van der Waals surface area contributed by atoms with Crippen LogP contribution in [0.15, 0.2) is 54.6 Å². The van der Waals surface area contributed by atoms with Gasteiger partial charge >= 0.3 is 5.97 Å². The largest absolute Gasteiger partial charge is 0.466 e. The molecule has 4 nitrogen and oxygen atoms in total. The lowest BCUT2D eigenvalue weighted by Crippen LogP contribution is -2.34. The molecule has 0 saturated carbocycles. The van der Waals surface area contributed by atoms with Crippen molar-refractivity contribution in [3.63, 3.8) is 0 Å². The smallest absolute Gasteiger partial charge is 0.314 e. The van der Waals surface area contributed by atoms with E-state index in [1.807, 2.05) is 64.1 Å². The quantitative estimate of drug-likeness (QED) is 0.577. The first-order chi connectivity index (χ1) is 13.9. The van der Waals surface area contributed by atoms with Gasteiger partial charge in [-0.25, -0.2) is 0 Å². The van der Waals surface area contributed by atoms with E-state index < -0.39 is 0 Å². The highest BCUT2D eigenvalue weighted by Gasteiger charge is 2.34. The van der Waals surface area contributed by atoms with Crippen LogP contribution in [0.1, 0.15) is 51.9 Å². The summed E-state index contributed by atoms with van der Waals surface area (Å²) in [6, 6.07) is 13.7. The fraction of sp³-hybridized carbons (Fsp3) is 0.360. The number of ether oxygens (including phenoxy) is 1. The Morgan fingerprint density at radius 1 is 1.03 bits per heavy atom. The molecule has 1 N–H and O–H groups in total. The number of hydrogen-bond acceptors (Lipinski definition) is 3. The third-order valence-corrected chi connectivity index (χ3v) is 5.29. The highest BCUT2D eigenvalue weighted by atomic mass is 16.5. The molecule has 0 bridgehead atoms. The van der Waals surface area contributed by atoms with E-state index in [0.29, 0.717) is 18.6 Å².